The minimum atomic E-state index is -0.702. The van der Waals surface area contributed by atoms with Crippen LogP contribution in [0.4, 0.5) is 5.69 Å². The number of hydrogen-bond donors (Lipinski definition) is 0. The Bertz CT molecular complexity index is 701. The maximum atomic E-state index is 11.7. The number of halogens is 1. The van der Waals surface area contributed by atoms with Crippen LogP contribution >= 0.6 is 11.6 Å². The van der Waals surface area contributed by atoms with Crippen LogP contribution < -0.4 is 0 Å². The molecule has 0 saturated heterocycles. The molecule has 106 valence electrons. The summed E-state index contributed by atoms with van der Waals surface area (Å²) in [5.41, 5.74) is 0.153. The van der Waals surface area contributed by atoms with E-state index in [1.807, 2.05) is 0 Å². The standard InChI is InChI=1S/C14H9ClN2O4/c15-13(11-8-4-5-9-12(11)17(19)20)16-21-14(18)10-6-2-1-3-7-10/h1-9H. The summed E-state index contributed by atoms with van der Waals surface area (Å²) in [5.74, 6) is -0.702. The van der Waals surface area contributed by atoms with E-state index in [1.165, 1.54) is 18.2 Å². The van der Waals surface area contributed by atoms with Crippen molar-refractivity contribution in [3.05, 3.63) is 75.8 Å². The highest BCUT2D eigenvalue weighted by molar-refractivity contribution is 6.70. The number of rotatable bonds is 4. The first-order valence-corrected chi connectivity index (χ1v) is 6.21. The van der Waals surface area contributed by atoms with Gasteiger partial charge in [-0.1, -0.05) is 47.1 Å². The zero-order valence-electron chi connectivity index (χ0n) is 10.6. The lowest BCUT2D eigenvalue weighted by Crippen LogP contribution is -2.04. The van der Waals surface area contributed by atoms with Gasteiger partial charge in [0.05, 0.1) is 16.1 Å². The smallest absolute Gasteiger partial charge is 0.311 e. The molecule has 2 aromatic carbocycles. The Hall–Kier alpha value is -2.73. The van der Waals surface area contributed by atoms with Crippen molar-refractivity contribution in [1.29, 1.82) is 0 Å². The SMILES string of the molecule is O=C(ON=C(Cl)c1ccccc1[N+](=O)[O-])c1ccccc1. The highest BCUT2D eigenvalue weighted by Crippen LogP contribution is 2.20. The number of nitro groups is 1. The number of nitrogens with zero attached hydrogens (tertiary/aromatic N) is 2. The van der Waals surface area contributed by atoms with Crippen LogP contribution in [0.2, 0.25) is 0 Å². The van der Waals surface area contributed by atoms with Gasteiger partial charge < -0.3 is 4.84 Å². The maximum absolute atomic E-state index is 11.7. The van der Waals surface area contributed by atoms with Crippen molar-refractivity contribution < 1.29 is 14.6 Å². The third kappa shape index (κ3) is 3.64. The van der Waals surface area contributed by atoms with Crippen molar-refractivity contribution in [1.82, 2.24) is 0 Å². The molecular formula is C14H9ClN2O4. The van der Waals surface area contributed by atoms with Gasteiger partial charge in [-0.2, -0.15) is 0 Å². The van der Waals surface area contributed by atoms with E-state index >= 15 is 0 Å². The Kier molecular flexibility index (Phi) is 4.63. The zero-order chi connectivity index (χ0) is 15.2. The molecule has 0 aliphatic heterocycles. The summed E-state index contributed by atoms with van der Waals surface area (Å²) < 4.78 is 0. The number of nitro benzene ring substituents is 1. The van der Waals surface area contributed by atoms with Crippen molar-refractivity contribution in [3.63, 3.8) is 0 Å². The van der Waals surface area contributed by atoms with E-state index in [0.717, 1.165) is 0 Å². The Morgan fingerprint density at radius 3 is 2.38 bits per heavy atom. The van der Waals surface area contributed by atoms with Gasteiger partial charge in [0, 0.05) is 6.07 Å². The van der Waals surface area contributed by atoms with Crippen LogP contribution in [0.1, 0.15) is 15.9 Å². The van der Waals surface area contributed by atoms with Crippen LogP contribution in [-0.4, -0.2) is 16.1 Å². The van der Waals surface area contributed by atoms with E-state index in [2.05, 4.69) is 9.99 Å². The summed E-state index contributed by atoms with van der Waals surface area (Å²) in [4.78, 5) is 26.6. The van der Waals surface area contributed by atoms with E-state index in [1.54, 1.807) is 36.4 Å². The van der Waals surface area contributed by atoms with Crippen LogP contribution in [0.5, 0.6) is 0 Å². The topological polar surface area (TPSA) is 81.8 Å². The molecule has 0 N–H and O–H groups in total. The molecule has 0 atom stereocenters. The van der Waals surface area contributed by atoms with E-state index in [9.17, 15) is 14.9 Å². The van der Waals surface area contributed by atoms with E-state index in [4.69, 9.17) is 11.6 Å². The van der Waals surface area contributed by atoms with Gasteiger partial charge in [-0.3, -0.25) is 10.1 Å². The molecule has 0 unspecified atom stereocenters. The average Bonchev–Trinajstić information content (AvgIpc) is 2.53. The van der Waals surface area contributed by atoms with Crippen molar-refractivity contribution in [2.75, 3.05) is 0 Å². The van der Waals surface area contributed by atoms with Crippen LogP contribution in [0, 0.1) is 10.1 Å². The Morgan fingerprint density at radius 1 is 1.10 bits per heavy atom. The lowest BCUT2D eigenvalue weighted by Gasteiger charge is -2.01. The lowest BCUT2D eigenvalue weighted by atomic mass is 10.2. The van der Waals surface area contributed by atoms with Crippen LogP contribution in [0.15, 0.2) is 59.8 Å². The fourth-order valence-electron chi connectivity index (χ4n) is 1.56. The average molecular weight is 305 g/mol. The molecule has 2 rings (SSSR count). The summed E-state index contributed by atoms with van der Waals surface area (Å²) in [6.45, 7) is 0. The predicted molar refractivity (Wildman–Crippen MR) is 77.3 cm³/mol. The molecule has 7 heteroatoms. The van der Waals surface area contributed by atoms with Gasteiger partial charge in [-0.05, 0) is 18.2 Å². The van der Waals surface area contributed by atoms with Crippen LogP contribution in [-0.2, 0) is 4.84 Å². The number of carbonyl (C=O) groups excluding carboxylic acids is 1. The number of para-hydroxylation sites is 1. The van der Waals surface area contributed by atoms with Crippen molar-refractivity contribution >= 4 is 28.4 Å². The lowest BCUT2D eigenvalue weighted by molar-refractivity contribution is -0.385. The molecule has 0 heterocycles. The second-order valence-corrected chi connectivity index (χ2v) is 4.26. The minimum Gasteiger partial charge on any atom is -0.311 e. The molecule has 0 bridgehead atoms. The van der Waals surface area contributed by atoms with E-state index < -0.39 is 10.9 Å². The zero-order valence-corrected chi connectivity index (χ0v) is 11.4. The second kappa shape index (κ2) is 6.62. The normalized spacial score (nSPS) is 11.0. The molecule has 0 spiro atoms. The summed E-state index contributed by atoms with van der Waals surface area (Å²) in [5, 5.41) is 14.0. The third-order valence-corrected chi connectivity index (χ3v) is 2.81. The Labute approximate surface area is 124 Å². The first-order chi connectivity index (χ1) is 10.1. The largest absolute Gasteiger partial charge is 0.365 e. The van der Waals surface area contributed by atoms with Crippen molar-refractivity contribution in [2.45, 2.75) is 0 Å². The van der Waals surface area contributed by atoms with Gasteiger partial charge >= 0.3 is 5.97 Å². The molecule has 21 heavy (non-hydrogen) atoms. The van der Waals surface area contributed by atoms with Crippen molar-refractivity contribution in [2.24, 2.45) is 5.16 Å². The van der Waals surface area contributed by atoms with Crippen LogP contribution in [0.25, 0.3) is 0 Å². The Balaban J connectivity index is 2.19. The molecule has 0 aliphatic rings. The summed E-state index contributed by atoms with van der Waals surface area (Å²) in [7, 11) is 0. The first-order valence-electron chi connectivity index (χ1n) is 5.83. The molecule has 6 nitrogen and oxygen atoms in total. The fraction of sp³-hybridized carbons (Fsp3) is 0. The number of benzene rings is 2. The maximum Gasteiger partial charge on any atom is 0.365 e. The van der Waals surface area contributed by atoms with Gasteiger partial charge in [0.2, 0.25) is 0 Å². The van der Waals surface area contributed by atoms with Gasteiger partial charge in [0.1, 0.15) is 0 Å². The summed E-state index contributed by atoms with van der Waals surface area (Å²) >= 11 is 5.86. The van der Waals surface area contributed by atoms with Gasteiger partial charge in [0.15, 0.2) is 5.17 Å². The molecular weight excluding hydrogens is 296 g/mol. The van der Waals surface area contributed by atoms with Gasteiger partial charge in [0.25, 0.3) is 5.69 Å². The van der Waals surface area contributed by atoms with Gasteiger partial charge in [-0.15, -0.1) is 0 Å². The minimum absolute atomic E-state index is 0.0741. The fourth-order valence-corrected chi connectivity index (χ4v) is 1.76. The van der Waals surface area contributed by atoms with Crippen LogP contribution in [0.3, 0.4) is 0 Å². The molecule has 0 fully saturated rings. The Morgan fingerprint density at radius 2 is 1.71 bits per heavy atom. The third-order valence-electron chi connectivity index (χ3n) is 2.54. The van der Waals surface area contributed by atoms with E-state index in [0.29, 0.717) is 5.56 Å². The molecule has 0 radical (unpaired) electrons. The first kappa shape index (κ1) is 14.7. The predicted octanol–water partition coefficient (Wildman–Crippen LogP) is 3.35. The summed E-state index contributed by atoms with van der Waals surface area (Å²) in [6.07, 6.45) is 0. The monoisotopic (exact) mass is 304 g/mol. The highest BCUT2D eigenvalue weighted by Gasteiger charge is 2.17. The quantitative estimate of drug-likeness (QED) is 0.375. The molecule has 0 amide bonds. The van der Waals surface area contributed by atoms with Crippen molar-refractivity contribution in [3.8, 4) is 0 Å². The number of carbonyl (C=O) groups is 1. The van der Waals surface area contributed by atoms with E-state index in [-0.39, 0.29) is 16.4 Å². The van der Waals surface area contributed by atoms with Gasteiger partial charge in [-0.25, -0.2) is 4.79 Å². The molecule has 0 saturated carbocycles. The second-order valence-electron chi connectivity index (χ2n) is 3.90. The number of oxime groups is 1. The molecule has 2 aromatic rings. The highest BCUT2D eigenvalue weighted by atomic mass is 35.5. The molecule has 0 aliphatic carbocycles. The summed E-state index contributed by atoms with van der Waals surface area (Å²) in [6, 6.07) is 14.0. The molecule has 0 aromatic heterocycles. The number of hydrogen-bond acceptors (Lipinski definition) is 5.